The Kier molecular flexibility index (Phi) is 9.40. The molecule has 3 fully saturated rings. The first-order valence-corrected chi connectivity index (χ1v) is 15.1. The molecule has 43 heavy (non-hydrogen) atoms. The number of nitrogens with zero attached hydrogens (tertiary/aromatic N) is 6. The number of hydrogen-bond acceptors (Lipinski definition) is 10. The number of benzene rings is 1. The maximum Gasteiger partial charge on any atom is 0.527 e. The smallest absolute Gasteiger partial charge is 0.433 e. The predicted octanol–water partition coefficient (Wildman–Crippen LogP) is 3.12. The van der Waals surface area contributed by atoms with Gasteiger partial charge in [-0.1, -0.05) is 57.5 Å². The fourth-order valence-corrected chi connectivity index (χ4v) is 5.69. The van der Waals surface area contributed by atoms with Gasteiger partial charge in [-0.2, -0.15) is 5.26 Å². The number of ether oxygens (including phenoxy) is 1. The number of carbonyl (C=O) groups excluding carboxylic acids is 3. The molecule has 3 heterocycles. The van der Waals surface area contributed by atoms with E-state index in [1.807, 2.05) is 51.1 Å². The summed E-state index contributed by atoms with van der Waals surface area (Å²) in [7, 11) is 0. The van der Waals surface area contributed by atoms with Gasteiger partial charge in [-0.05, 0) is 24.2 Å². The number of aromatic nitrogens is 2. The Morgan fingerprint density at radius 3 is 2.40 bits per heavy atom. The van der Waals surface area contributed by atoms with E-state index in [0.29, 0.717) is 69.4 Å². The molecule has 0 bridgehead atoms. The Morgan fingerprint density at radius 2 is 1.77 bits per heavy atom. The zero-order chi connectivity index (χ0) is 30.5. The lowest BCUT2D eigenvalue weighted by molar-refractivity contribution is -0.158. The first-order chi connectivity index (χ1) is 20.8. The summed E-state index contributed by atoms with van der Waals surface area (Å²) in [5, 5.41) is 13.8. The molecule has 1 saturated carbocycles. The average Bonchev–Trinajstić information content (AvgIpc) is 3.49. The molecule has 2 saturated heterocycles. The van der Waals surface area contributed by atoms with Crippen LogP contribution in [0.4, 0.5) is 10.6 Å². The number of hydroxylamine groups is 2. The van der Waals surface area contributed by atoms with E-state index in [2.05, 4.69) is 21.3 Å². The van der Waals surface area contributed by atoms with Crippen molar-refractivity contribution in [2.75, 3.05) is 50.8 Å². The van der Waals surface area contributed by atoms with Crippen molar-refractivity contribution in [2.24, 2.45) is 23.7 Å². The molecule has 2 aliphatic heterocycles. The molecule has 0 unspecified atom stereocenters. The number of carbonyl (C=O) groups is 3. The van der Waals surface area contributed by atoms with Crippen LogP contribution in [0.1, 0.15) is 44.1 Å². The molecule has 0 radical (unpaired) electrons. The van der Waals surface area contributed by atoms with Crippen molar-refractivity contribution >= 4 is 23.8 Å². The maximum atomic E-state index is 13.6. The Labute approximate surface area is 251 Å². The molecule has 0 spiro atoms. The van der Waals surface area contributed by atoms with Crippen molar-refractivity contribution < 1.29 is 24.0 Å². The van der Waals surface area contributed by atoms with Gasteiger partial charge in [0.1, 0.15) is 17.6 Å². The van der Waals surface area contributed by atoms with Gasteiger partial charge in [0.15, 0.2) is 5.82 Å². The number of amides is 2. The van der Waals surface area contributed by atoms with E-state index in [0.717, 1.165) is 18.4 Å². The van der Waals surface area contributed by atoms with Crippen LogP contribution in [-0.4, -0.2) is 89.8 Å². The molecule has 2 amide bonds. The fraction of sp³-hybridized carbons (Fsp3) is 0.548. The molecule has 1 aliphatic carbocycles. The van der Waals surface area contributed by atoms with Crippen LogP contribution in [-0.2, 0) is 14.4 Å². The average molecular weight is 590 g/mol. The molecule has 12 heteroatoms. The van der Waals surface area contributed by atoms with Gasteiger partial charge < -0.3 is 24.7 Å². The highest BCUT2D eigenvalue weighted by atomic mass is 16.8. The molecule has 3 aliphatic rings. The second kappa shape index (κ2) is 13.4. The lowest BCUT2D eigenvalue weighted by Gasteiger charge is -2.35. The number of fused-ring (bicyclic) bond motifs is 1. The summed E-state index contributed by atoms with van der Waals surface area (Å²) < 4.78 is 5.05. The summed E-state index contributed by atoms with van der Waals surface area (Å²) in [6.45, 7) is 8.89. The van der Waals surface area contributed by atoms with Gasteiger partial charge in [0.05, 0.1) is 31.7 Å². The van der Waals surface area contributed by atoms with E-state index in [9.17, 15) is 19.6 Å². The van der Waals surface area contributed by atoms with Gasteiger partial charge in [0.25, 0.3) is 5.91 Å². The van der Waals surface area contributed by atoms with E-state index in [-0.39, 0.29) is 23.4 Å². The molecule has 2 aromatic rings. The van der Waals surface area contributed by atoms with Crippen LogP contribution in [0.3, 0.4) is 0 Å². The van der Waals surface area contributed by atoms with Crippen LogP contribution in [0.2, 0.25) is 0 Å². The van der Waals surface area contributed by atoms with Crippen molar-refractivity contribution in [1.82, 2.24) is 25.2 Å². The molecule has 228 valence electrons. The highest BCUT2D eigenvalue weighted by Gasteiger charge is 2.56. The van der Waals surface area contributed by atoms with Crippen LogP contribution >= 0.6 is 0 Å². The molecule has 1 aromatic heterocycles. The van der Waals surface area contributed by atoms with Crippen LogP contribution in [0.25, 0.3) is 11.4 Å². The number of hydrogen-bond donors (Lipinski definition) is 1. The van der Waals surface area contributed by atoms with Gasteiger partial charge in [-0.3, -0.25) is 9.59 Å². The second-order valence-electron chi connectivity index (χ2n) is 11.7. The fourth-order valence-electron chi connectivity index (χ4n) is 5.69. The van der Waals surface area contributed by atoms with Crippen LogP contribution in [0, 0.1) is 35.0 Å². The van der Waals surface area contributed by atoms with Crippen molar-refractivity contribution in [3.8, 4) is 17.5 Å². The quantitative estimate of drug-likeness (QED) is 0.325. The van der Waals surface area contributed by atoms with Gasteiger partial charge in [0.2, 0.25) is 5.91 Å². The number of anilines is 1. The normalized spacial score (nSPS) is 22.0. The minimum atomic E-state index is -0.770. The number of unbranched alkanes of at least 4 members (excludes halogenated alkanes) is 1. The van der Waals surface area contributed by atoms with Gasteiger partial charge >= 0.3 is 6.16 Å². The van der Waals surface area contributed by atoms with E-state index in [1.54, 1.807) is 11.0 Å². The number of nitriles is 1. The first kappa shape index (κ1) is 30.2. The topological polar surface area (TPSA) is 141 Å². The second-order valence-corrected chi connectivity index (χ2v) is 11.7. The highest BCUT2D eigenvalue weighted by Crippen LogP contribution is 2.51. The van der Waals surface area contributed by atoms with Gasteiger partial charge in [-0.25, -0.2) is 14.8 Å². The third-order valence-electron chi connectivity index (χ3n) is 8.34. The van der Waals surface area contributed by atoms with Crippen molar-refractivity contribution in [3.05, 3.63) is 42.1 Å². The monoisotopic (exact) mass is 589 g/mol. The zero-order valence-electron chi connectivity index (χ0n) is 24.9. The van der Waals surface area contributed by atoms with E-state index < -0.39 is 18.1 Å². The van der Waals surface area contributed by atoms with Crippen LogP contribution in [0.5, 0.6) is 0 Å². The first-order valence-electron chi connectivity index (χ1n) is 15.1. The lowest BCUT2D eigenvalue weighted by Crippen LogP contribution is -2.56. The Hall–Kier alpha value is -4.24. The molecule has 4 atom stereocenters. The van der Waals surface area contributed by atoms with Gasteiger partial charge in [0, 0.05) is 37.8 Å². The highest BCUT2D eigenvalue weighted by molar-refractivity contribution is 5.97. The van der Waals surface area contributed by atoms with Crippen LogP contribution in [0.15, 0.2) is 36.4 Å². The molecular formula is C31H39N7O5. The lowest BCUT2D eigenvalue weighted by atomic mass is 10.0. The number of piperazine rings is 1. The van der Waals surface area contributed by atoms with E-state index in [1.165, 1.54) is 5.06 Å². The summed E-state index contributed by atoms with van der Waals surface area (Å²) in [5.41, 5.74) is 0.961. The van der Waals surface area contributed by atoms with E-state index >= 15 is 0 Å². The summed E-state index contributed by atoms with van der Waals surface area (Å²) in [5.74, 6) is 0.994. The number of nitrogens with one attached hydrogen (secondary N) is 1. The predicted molar refractivity (Wildman–Crippen MR) is 157 cm³/mol. The number of piperidine rings is 1. The molecule has 12 nitrogen and oxygen atoms in total. The van der Waals surface area contributed by atoms with Gasteiger partial charge in [-0.15, -0.1) is 5.06 Å². The van der Waals surface area contributed by atoms with Crippen LogP contribution < -0.4 is 10.2 Å². The third-order valence-corrected chi connectivity index (χ3v) is 8.34. The summed E-state index contributed by atoms with van der Waals surface area (Å²) in [4.78, 5) is 57.5. The van der Waals surface area contributed by atoms with Crippen molar-refractivity contribution in [1.29, 1.82) is 5.26 Å². The Balaban J connectivity index is 1.25. The maximum absolute atomic E-state index is 13.6. The standard InChI is InChI=1S/C31H39N7O5/c1-4-5-15-42-31(41)43-38-13-11-36(12-14-38)30(40)27(20(2)3)35-29(39)25-16-26(37-18-23-22(17-32)24(23)19-37)34-28(33-25)21-9-7-6-8-10-21/h6-10,16,20,22-24,27H,4-5,11-15,18-19H2,1-3H3,(H,35,39)/t22-,23+,24-,27-/m0/s1. The van der Waals surface area contributed by atoms with Crippen molar-refractivity contribution in [2.45, 2.75) is 39.7 Å². The molecule has 5 rings (SSSR count). The molecule has 1 N–H and O–H groups in total. The minimum Gasteiger partial charge on any atom is -0.433 e. The summed E-state index contributed by atoms with van der Waals surface area (Å²) in [6.07, 6.45) is 0.943. The molecular weight excluding hydrogens is 550 g/mol. The number of rotatable bonds is 10. The summed E-state index contributed by atoms with van der Waals surface area (Å²) in [6, 6.07) is 12.7. The Morgan fingerprint density at radius 1 is 1.07 bits per heavy atom. The summed E-state index contributed by atoms with van der Waals surface area (Å²) >= 11 is 0. The van der Waals surface area contributed by atoms with E-state index in [4.69, 9.17) is 14.6 Å². The zero-order valence-corrected chi connectivity index (χ0v) is 24.9. The minimum absolute atomic E-state index is 0.0975. The Bertz CT molecular complexity index is 1340. The molecule has 1 aromatic carbocycles. The third kappa shape index (κ3) is 7.05. The van der Waals surface area contributed by atoms with Crippen molar-refractivity contribution in [3.63, 3.8) is 0 Å². The largest absolute Gasteiger partial charge is 0.527 e. The SMILES string of the molecule is CCCCOC(=O)ON1CCN(C(=O)[C@@H](NC(=O)c2cc(N3C[C@@H]4[C@H](C#N)[C@@H]4C3)nc(-c3ccccc3)n2)C(C)C)CC1.